The molecule has 0 spiro atoms. The van der Waals surface area contributed by atoms with Gasteiger partial charge in [-0.05, 0) is 17.7 Å². The largest absolute Gasteiger partial charge is 0.458 e. The Labute approximate surface area is 123 Å². The van der Waals surface area contributed by atoms with Crippen LogP contribution in [-0.4, -0.2) is 11.0 Å². The second-order valence-corrected chi connectivity index (χ2v) is 4.14. The summed E-state index contributed by atoms with van der Waals surface area (Å²) in [5.41, 5.74) is 1.42. The number of hydrogen-bond acceptors (Lipinski definition) is 3. The molecule has 19 heavy (non-hydrogen) atoms. The highest BCUT2D eigenvalue weighted by atomic mass is 35.5. The molecular weight excluding hydrogens is 285 g/mol. The Hall–Kier alpha value is -1.58. The van der Waals surface area contributed by atoms with E-state index >= 15 is 0 Å². The van der Waals surface area contributed by atoms with Crippen LogP contribution in [0.2, 0.25) is 0 Å². The highest BCUT2D eigenvalue weighted by Crippen LogP contribution is 2.21. The molecule has 0 saturated carbocycles. The minimum absolute atomic E-state index is 0. The van der Waals surface area contributed by atoms with Crippen molar-refractivity contribution >= 4 is 30.0 Å². The van der Waals surface area contributed by atoms with Gasteiger partial charge in [0.05, 0.1) is 5.69 Å². The molecular formula is C14H13Cl2NO2. The first-order chi connectivity index (χ1) is 8.77. The van der Waals surface area contributed by atoms with Crippen LogP contribution in [-0.2, 0) is 16.1 Å². The third-order valence-corrected chi connectivity index (χ3v) is 2.82. The third-order valence-electron chi connectivity index (χ3n) is 2.39. The summed E-state index contributed by atoms with van der Waals surface area (Å²) in [6, 6.07) is 14.5. The van der Waals surface area contributed by atoms with E-state index in [1.165, 1.54) is 0 Å². The van der Waals surface area contributed by atoms with Crippen molar-refractivity contribution in [3.63, 3.8) is 0 Å². The van der Waals surface area contributed by atoms with Gasteiger partial charge in [-0.2, -0.15) is 0 Å². The number of esters is 1. The number of pyridine rings is 1. The Bertz CT molecular complexity index is 505. The maximum absolute atomic E-state index is 11.7. The summed E-state index contributed by atoms with van der Waals surface area (Å²) in [7, 11) is 0. The molecule has 1 aromatic carbocycles. The molecule has 1 unspecified atom stereocenters. The van der Waals surface area contributed by atoms with Gasteiger partial charge >= 0.3 is 5.97 Å². The van der Waals surface area contributed by atoms with Crippen LogP contribution in [0.3, 0.4) is 0 Å². The molecule has 2 aromatic rings. The molecule has 0 bridgehead atoms. The van der Waals surface area contributed by atoms with Crippen molar-refractivity contribution < 1.29 is 9.53 Å². The predicted octanol–water partition coefficient (Wildman–Crippen LogP) is 3.53. The van der Waals surface area contributed by atoms with Crippen LogP contribution in [0, 0.1) is 0 Å². The van der Waals surface area contributed by atoms with Crippen molar-refractivity contribution in [3.05, 3.63) is 66.0 Å². The molecule has 1 aromatic heterocycles. The first-order valence-corrected chi connectivity index (χ1v) is 5.96. The van der Waals surface area contributed by atoms with Crippen molar-refractivity contribution in [2.24, 2.45) is 0 Å². The molecule has 0 N–H and O–H groups in total. The van der Waals surface area contributed by atoms with Gasteiger partial charge in [0.15, 0.2) is 5.38 Å². The first-order valence-electron chi connectivity index (χ1n) is 5.53. The van der Waals surface area contributed by atoms with Crippen LogP contribution < -0.4 is 0 Å². The standard InChI is InChI=1S/C14H12ClNO2.ClH/c15-13(11-6-2-1-3-7-11)14(17)18-10-12-8-4-5-9-16-12;/h1-9,13H,10H2;1H. The second kappa shape index (κ2) is 7.77. The van der Waals surface area contributed by atoms with E-state index < -0.39 is 11.3 Å². The van der Waals surface area contributed by atoms with E-state index in [4.69, 9.17) is 16.3 Å². The van der Waals surface area contributed by atoms with E-state index in [-0.39, 0.29) is 19.0 Å². The summed E-state index contributed by atoms with van der Waals surface area (Å²) in [5.74, 6) is -0.464. The lowest BCUT2D eigenvalue weighted by molar-refractivity contribution is -0.144. The zero-order chi connectivity index (χ0) is 12.8. The molecule has 0 amide bonds. The SMILES string of the molecule is Cl.O=C(OCc1ccccn1)C(Cl)c1ccccc1. The average molecular weight is 298 g/mol. The summed E-state index contributed by atoms with van der Waals surface area (Å²) in [6.07, 6.45) is 1.65. The van der Waals surface area contributed by atoms with Crippen molar-refractivity contribution in [2.45, 2.75) is 12.0 Å². The molecule has 5 heteroatoms. The molecule has 1 heterocycles. The van der Waals surface area contributed by atoms with Gasteiger partial charge in [-0.1, -0.05) is 36.4 Å². The molecule has 3 nitrogen and oxygen atoms in total. The highest BCUT2D eigenvalue weighted by Gasteiger charge is 2.18. The Morgan fingerprint density at radius 3 is 2.47 bits per heavy atom. The fourth-order valence-electron chi connectivity index (χ4n) is 1.46. The predicted molar refractivity (Wildman–Crippen MR) is 76.3 cm³/mol. The Morgan fingerprint density at radius 2 is 1.84 bits per heavy atom. The van der Waals surface area contributed by atoms with Crippen LogP contribution in [0.1, 0.15) is 16.6 Å². The number of halogens is 2. The van der Waals surface area contributed by atoms with Crippen molar-refractivity contribution in [1.29, 1.82) is 0 Å². The fraction of sp³-hybridized carbons (Fsp3) is 0.143. The van der Waals surface area contributed by atoms with Crippen LogP contribution in [0.25, 0.3) is 0 Å². The summed E-state index contributed by atoms with van der Waals surface area (Å²) in [5, 5.41) is -0.782. The van der Waals surface area contributed by atoms with Crippen molar-refractivity contribution in [2.75, 3.05) is 0 Å². The fourth-order valence-corrected chi connectivity index (χ4v) is 1.67. The van der Waals surface area contributed by atoms with Crippen LogP contribution in [0.15, 0.2) is 54.7 Å². The van der Waals surface area contributed by atoms with Gasteiger partial charge in [0, 0.05) is 6.20 Å². The molecule has 0 saturated heterocycles. The molecule has 100 valence electrons. The van der Waals surface area contributed by atoms with Gasteiger partial charge in [0.25, 0.3) is 0 Å². The van der Waals surface area contributed by atoms with Gasteiger partial charge in [-0.15, -0.1) is 24.0 Å². The molecule has 0 aliphatic rings. The quantitative estimate of drug-likeness (QED) is 0.640. The Kier molecular flexibility index (Phi) is 6.33. The van der Waals surface area contributed by atoms with E-state index in [0.717, 1.165) is 5.56 Å². The number of carbonyl (C=O) groups is 1. The van der Waals surface area contributed by atoms with Crippen molar-refractivity contribution in [1.82, 2.24) is 4.98 Å². The van der Waals surface area contributed by atoms with Crippen molar-refractivity contribution in [3.8, 4) is 0 Å². The third kappa shape index (κ3) is 4.54. The molecule has 0 radical (unpaired) electrons. The number of benzene rings is 1. The van der Waals surface area contributed by atoms with Gasteiger partial charge in [-0.3, -0.25) is 9.78 Å². The normalized spacial score (nSPS) is 11.2. The van der Waals surface area contributed by atoms with Crippen LogP contribution >= 0.6 is 24.0 Å². The van der Waals surface area contributed by atoms with E-state index in [1.807, 2.05) is 24.3 Å². The lowest BCUT2D eigenvalue weighted by atomic mass is 10.1. The van der Waals surface area contributed by atoms with Crippen LogP contribution in [0.4, 0.5) is 0 Å². The number of hydrogen-bond donors (Lipinski definition) is 0. The zero-order valence-corrected chi connectivity index (χ0v) is 11.6. The number of ether oxygens (including phenoxy) is 1. The van der Waals surface area contributed by atoms with Gasteiger partial charge in [0.1, 0.15) is 6.61 Å². The monoisotopic (exact) mass is 297 g/mol. The minimum Gasteiger partial charge on any atom is -0.458 e. The zero-order valence-electron chi connectivity index (χ0n) is 10.0. The molecule has 0 aliphatic heterocycles. The van der Waals surface area contributed by atoms with E-state index in [2.05, 4.69) is 4.98 Å². The van der Waals surface area contributed by atoms with Gasteiger partial charge in [-0.25, -0.2) is 0 Å². The first kappa shape index (κ1) is 15.5. The van der Waals surface area contributed by atoms with Gasteiger partial charge < -0.3 is 4.74 Å². The minimum atomic E-state index is -0.782. The molecule has 1 atom stereocenters. The average Bonchev–Trinajstić information content (AvgIpc) is 2.46. The number of aromatic nitrogens is 1. The Morgan fingerprint density at radius 1 is 1.16 bits per heavy atom. The lowest BCUT2D eigenvalue weighted by Crippen LogP contribution is -2.11. The second-order valence-electron chi connectivity index (χ2n) is 3.70. The topological polar surface area (TPSA) is 39.2 Å². The van der Waals surface area contributed by atoms with E-state index in [1.54, 1.807) is 30.5 Å². The number of nitrogens with zero attached hydrogens (tertiary/aromatic N) is 1. The summed E-state index contributed by atoms with van der Waals surface area (Å²) < 4.78 is 5.11. The number of carbonyl (C=O) groups excluding carboxylic acids is 1. The summed E-state index contributed by atoms with van der Waals surface area (Å²) in [6.45, 7) is 0.135. The molecule has 0 fully saturated rings. The summed E-state index contributed by atoms with van der Waals surface area (Å²) in [4.78, 5) is 15.8. The smallest absolute Gasteiger partial charge is 0.329 e. The maximum Gasteiger partial charge on any atom is 0.329 e. The number of rotatable bonds is 4. The van der Waals surface area contributed by atoms with E-state index in [0.29, 0.717) is 5.69 Å². The lowest BCUT2D eigenvalue weighted by Gasteiger charge is -2.09. The summed E-state index contributed by atoms with van der Waals surface area (Å²) >= 11 is 6.03. The maximum atomic E-state index is 11.7. The Balaban J connectivity index is 0.00000180. The van der Waals surface area contributed by atoms with E-state index in [9.17, 15) is 4.79 Å². The molecule has 0 aliphatic carbocycles. The highest BCUT2D eigenvalue weighted by molar-refractivity contribution is 6.29. The van der Waals surface area contributed by atoms with Crippen LogP contribution in [0.5, 0.6) is 0 Å². The molecule has 2 rings (SSSR count). The number of alkyl halides is 1. The van der Waals surface area contributed by atoms with Gasteiger partial charge in [0.2, 0.25) is 0 Å².